The van der Waals surface area contributed by atoms with Gasteiger partial charge in [-0.3, -0.25) is 0 Å². The van der Waals surface area contributed by atoms with Crippen molar-refractivity contribution in [2.24, 2.45) is 5.92 Å². The molecule has 2 aromatic carbocycles. The summed E-state index contributed by atoms with van der Waals surface area (Å²) in [6.45, 7) is 2.91. The predicted molar refractivity (Wildman–Crippen MR) is 87.8 cm³/mol. The molecule has 0 heterocycles. The van der Waals surface area contributed by atoms with Crippen LogP contribution >= 0.6 is 15.9 Å². The smallest absolute Gasteiger partial charge is 0.142 e. The Morgan fingerprint density at radius 1 is 1.19 bits per heavy atom. The molecule has 1 aliphatic rings. The molecule has 1 saturated carbocycles. The molecule has 1 aliphatic carbocycles. The Kier molecular flexibility index (Phi) is 4.41. The summed E-state index contributed by atoms with van der Waals surface area (Å²) in [5, 5.41) is 3.47. The molecule has 3 atom stereocenters. The van der Waals surface area contributed by atoms with Gasteiger partial charge in [0.1, 0.15) is 5.82 Å². The van der Waals surface area contributed by atoms with E-state index in [1.54, 1.807) is 6.07 Å². The predicted octanol–water partition coefficient (Wildman–Crippen LogP) is 5.04. The highest BCUT2D eigenvalue weighted by Crippen LogP contribution is 2.54. The summed E-state index contributed by atoms with van der Waals surface area (Å²) < 4.78 is 14.9. The van der Waals surface area contributed by atoms with Crippen molar-refractivity contribution in [2.45, 2.75) is 25.3 Å². The highest BCUT2D eigenvalue weighted by molar-refractivity contribution is 9.10. The molecule has 1 nitrogen and oxygen atoms in total. The summed E-state index contributed by atoms with van der Waals surface area (Å²) in [6.07, 6.45) is 1.12. The molecule has 3 unspecified atom stereocenters. The third-order valence-electron chi connectivity index (χ3n) is 4.24. The Labute approximate surface area is 133 Å². The zero-order valence-electron chi connectivity index (χ0n) is 12.0. The Balaban J connectivity index is 1.85. The Morgan fingerprint density at radius 3 is 2.67 bits per heavy atom. The van der Waals surface area contributed by atoms with Gasteiger partial charge < -0.3 is 5.32 Å². The van der Waals surface area contributed by atoms with Crippen LogP contribution < -0.4 is 5.32 Å². The van der Waals surface area contributed by atoms with Crippen molar-refractivity contribution in [2.75, 3.05) is 6.54 Å². The molecule has 0 aromatic heterocycles. The minimum absolute atomic E-state index is 0.0812. The van der Waals surface area contributed by atoms with Crippen LogP contribution in [0.15, 0.2) is 53.0 Å². The molecule has 0 saturated heterocycles. The van der Waals surface area contributed by atoms with Crippen molar-refractivity contribution in [1.82, 2.24) is 5.32 Å². The maximum Gasteiger partial charge on any atom is 0.142 e. The van der Waals surface area contributed by atoms with E-state index in [2.05, 4.69) is 52.4 Å². The molecular formula is C18H19BrFN. The second kappa shape index (κ2) is 6.29. The molecule has 0 spiro atoms. The van der Waals surface area contributed by atoms with Crippen molar-refractivity contribution in [3.05, 3.63) is 69.9 Å². The number of halogens is 2. The lowest BCUT2D eigenvalue weighted by Crippen LogP contribution is -2.24. The average Bonchev–Trinajstić information content (AvgIpc) is 3.29. The normalized spacial score (nSPS) is 22.0. The highest BCUT2D eigenvalue weighted by Gasteiger charge is 2.44. The lowest BCUT2D eigenvalue weighted by molar-refractivity contribution is 0.460. The minimum Gasteiger partial charge on any atom is -0.310 e. The van der Waals surface area contributed by atoms with Gasteiger partial charge in [-0.2, -0.15) is 0 Å². The van der Waals surface area contributed by atoms with Crippen molar-refractivity contribution >= 4 is 15.9 Å². The SMILES string of the molecule is CCNC(c1cccc(Br)c1F)C1CC1c1ccccc1. The van der Waals surface area contributed by atoms with E-state index in [4.69, 9.17) is 0 Å². The van der Waals surface area contributed by atoms with Gasteiger partial charge in [-0.05, 0) is 52.4 Å². The van der Waals surface area contributed by atoms with Gasteiger partial charge in [-0.25, -0.2) is 4.39 Å². The maximum atomic E-state index is 14.4. The zero-order valence-corrected chi connectivity index (χ0v) is 13.6. The first-order chi connectivity index (χ1) is 10.2. The summed E-state index contributed by atoms with van der Waals surface area (Å²) in [5.74, 6) is 0.868. The van der Waals surface area contributed by atoms with Gasteiger partial charge in [0.15, 0.2) is 0 Å². The van der Waals surface area contributed by atoms with Gasteiger partial charge in [0.2, 0.25) is 0 Å². The number of rotatable bonds is 5. The minimum atomic E-state index is -0.137. The molecular weight excluding hydrogens is 329 g/mol. The number of hydrogen-bond donors (Lipinski definition) is 1. The average molecular weight is 348 g/mol. The topological polar surface area (TPSA) is 12.0 Å². The largest absolute Gasteiger partial charge is 0.310 e. The molecule has 3 rings (SSSR count). The van der Waals surface area contributed by atoms with E-state index in [1.807, 2.05) is 18.2 Å². The first-order valence-electron chi connectivity index (χ1n) is 7.44. The van der Waals surface area contributed by atoms with Gasteiger partial charge in [0, 0.05) is 11.6 Å². The van der Waals surface area contributed by atoms with E-state index < -0.39 is 0 Å². The standard InChI is InChI=1S/C18H19BrFN/c1-2-21-18(13-9-6-10-16(19)17(13)20)15-11-14(15)12-7-4-3-5-8-12/h3-10,14-15,18,21H,2,11H2,1H3. The summed E-state index contributed by atoms with van der Waals surface area (Å²) in [6, 6.07) is 16.2. The quantitative estimate of drug-likeness (QED) is 0.798. The fourth-order valence-corrected chi connectivity index (χ4v) is 3.52. The summed E-state index contributed by atoms with van der Waals surface area (Å²) >= 11 is 3.29. The number of hydrogen-bond acceptors (Lipinski definition) is 1. The summed E-state index contributed by atoms with van der Waals surface area (Å²) in [7, 11) is 0. The molecule has 0 bridgehead atoms. The van der Waals surface area contributed by atoms with Crippen LogP contribution in [0.5, 0.6) is 0 Å². The molecule has 110 valence electrons. The third kappa shape index (κ3) is 3.04. The number of nitrogens with one attached hydrogen (secondary N) is 1. The molecule has 0 amide bonds. The monoisotopic (exact) mass is 347 g/mol. The van der Waals surface area contributed by atoms with E-state index in [0.29, 0.717) is 16.3 Å². The molecule has 0 radical (unpaired) electrons. The molecule has 0 aliphatic heterocycles. The summed E-state index contributed by atoms with van der Waals surface area (Å²) in [5.41, 5.74) is 2.13. The fourth-order valence-electron chi connectivity index (χ4n) is 3.14. The summed E-state index contributed by atoms with van der Waals surface area (Å²) in [4.78, 5) is 0. The van der Waals surface area contributed by atoms with E-state index in [1.165, 1.54) is 5.56 Å². The van der Waals surface area contributed by atoms with Crippen LogP contribution in [-0.4, -0.2) is 6.54 Å². The zero-order chi connectivity index (χ0) is 14.8. The molecule has 1 N–H and O–H groups in total. The Bertz CT molecular complexity index is 614. The molecule has 2 aromatic rings. The van der Waals surface area contributed by atoms with Crippen molar-refractivity contribution in [3.63, 3.8) is 0 Å². The highest BCUT2D eigenvalue weighted by atomic mass is 79.9. The van der Waals surface area contributed by atoms with Gasteiger partial charge in [0.05, 0.1) is 4.47 Å². The van der Waals surface area contributed by atoms with Crippen LogP contribution in [0, 0.1) is 11.7 Å². The van der Waals surface area contributed by atoms with Gasteiger partial charge in [0.25, 0.3) is 0 Å². The first kappa shape index (κ1) is 14.7. The Morgan fingerprint density at radius 2 is 1.95 bits per heavy atom. The molecule has 21 heavy (non-hydrogen) atoms. The van der Waals surface area contributed by atoms with Gasteiger partial charge in [-0.15, -0.1) is 0 Å². The first-order valence-corrected chi connectivity index (χ1v) is 8.24. The van der Waals surface area contributed by atoms with Gasteiger partial charge >= 0.3 is 0 Å². The van der Waals surface area contributed by atoms with Crippen LogP contribution in [0.4, 0.5) is 4.39 Å². The van der Waals surface area contributed by atoms with Crippen LogP contribution in [-0.2, 0) is 0 Å². The van der Waals surface area contributed by atoms with E-state index in [0.717, 1.165) is 18.5 Å². The lowest BCUT2D eigenvalue weighted by atomic mass is 9.98. The second-order valence-corrected chi connectivity index (χ2v) is 6.45. The van der Waals surface area contributed by atoms with Crippen molar-refractivity contribution < 1.29 is 4.39 Å². The second-order valence-electron chi connectivity index (χ2n) is 5.60. The van der Waals surface area contributed by atoms with Gasteiger partial charge in [-0.1, -0.05) is 49.4 Å². The number of benzene rings is 2. The van der Waals surface area contributed by atoms with Crippen LogP contribution in [0.1, 0.15) is 36.4 Å². The third-order valence-corrected chi connectivity index (χ3v) is 4.85. The van der Waals surface area contributed by atoms with Crippen LogP contribution in [0.25, 0.3) is 0 Å². The van der Waals surface area contributed by atoms with E-state index in [9.17, 15) is 4.39 Å². The lowest BCUT2D eigenvalue weighted by Gasteiger charge is -2.20. The fraction of sp³-hybridized carbons (Fsp3) is 0.333. The van der Waals surface area contributed by atoms with Crippen molar-refractivity contribution in [1.29, 1.82) is 0 Å². The molecule has 1 fully saturated rings. The van der Waals surface area contributed by atoms with E-state index >= 15 is 0 Å². The molecule has 3 heteroatoms. The van der Waals surface area contributed by atoms with Crippen LogP contribution in [0.3, 0.4) is 0 Å². The van der Waals surface area contributed by atoms with E-state index in [-0.39, 0.29) is 11.9 Å². The Hall–Kier alpha value is -1.19. The van der Waals surface area contributed by atoms with Crippen LogP contribution in [0.2, 0.25) is 0 Å². The maximum absolute atomic E-state index is 14.4. The van der Waals surface area contributed by atoms with Crippen molar-refractivity contribution in [3.8, 4) is 0 Å².